The lowest BCUT2D eigenvalue weighted by molar-refractivity contribution is -0.276. The molecule has 2 aromatic rings. The number of H-pyrrole nitrogens is 1. The van der Waals surface area contributed by atoms with Crippen LogP contribution in [0.4, 0.5) is 0 Å². The summed E-state index contributed by atoms with van der Waals surface area (Å²) in [4.78, 5) is 2.92. The van der Waals surface area contributed by atoms with Crippen LogP contribution in [0.15, 0.2) is 22.8 Å². The molecule has 0 unspecified atom stereocenters. The molecule has 1 fully saturated rings. The van der Waals surface area contributed by atoms with E-state index >= 15 is 0 Å². The van der Waals surface area contributed by atoms with Gasteiger partial charge in [0, 0.05) is 10.7 Å². The fourth-order valence-corrected chi connectivity index (χ4v) is 3.54. The second-order valence-corrected chi connectivity index (χ2v) is 8.11. The van der Waals surface area contributed by atoms with E-state index < -0.39 is 47.7 Å². The van der Waals surface area contributed by atoms with E-state index in [1.54, 1.807) is 12.1 Å². The van der Waals surface area contributed by atoms with Gasteiger partial charge in [-0.15, -0.1) is 0 Å². The van der Waals surface area contributed by atoms with Crippen molar-refractivity contribution in [1.29, 1.82) is 0 Å². The molecule has 5 atom stereocenters. The molecule has 2 heterocycles. The zero-order chi connectivity index (χ0) is 19.9. The fourth-order valence-electron chi connectivity index (χ4n) is 2.65. The molecule has 1 aliphatic rings. The average molecular weight is 489 g/mol. The van der Waals surface area contributed by atoms with E-state index in [1.165, 1.54) is 6.20 Å². The van der Waals surface area contributed by atoms with Gasteiger partial charge < -0.3 is 29.8 Å². The smallest absolute Gasteiger partial charge is 0.397 e. The van der Waals surface area contributed by atoms with Gasteiger partial charge in [-0.2, -0.15) is 8.42 Å². The summed E-state index contributed by atoms with van der Waals surface area (Å²) < 4.78 is 45.7. The minimum atomic E-state index is -4.79. The summed E-state index contributed by atoms with van der Waals surface area (Å²) in [6.45, 7) is -0.802. The van der Waals surface area contributed by atoms with E-state index in [4.69, 9.17) is 25.6 Å². The van der Waals surface area contributed by atoms with E-state index in [1.807, 2.05) is 0 Å². The normalized spacial score (nSPS) is 29.2. The van der Waals surface area contributed by atoms with Crippen molar-refractivity contribution < 1.29 is 41.9 Å². The molecule has 0 saturated carbocycles. The molecule has 0 amide bonds. The molecule has 0 aliphatic carbocycles. The number of benzene rings is 1. The highest BCUT2D eigenvalue weighted by molar-refractivity contribution is 9.10. The molecule has 0 spiro atoms. The van der Waals surface area contributed by atoms with E-state index in [2.05, 4.69) is 25.1 Å². The maximum Gasteiger partial charge on any atom is 0.397 e. The average Bonchev–Trinajstić information content (AvgIpc) is 3.00. The zero-order valence-electron chi connectivity index (χ0n) is 13.3. The number of aliphatic hydroxyl groups is 3. The molecule has 5 N–H and O–H groups in total. The quantitative estimate of drug-likeness (QED) is 0.380. The van der Waals surface area contributed by atoms with Gasteiger partial charge >= 0.3 is 10.4 Å². The molecule has 1 saturated heterocycles. The number of halogens is 2. The van der Waals surface area contributed by atoms with Crippen LogP contribution in [0.1, 0.15) is 0 Å². The van der Waals surface area contributed by atoms with Crippen molar-refractivity contribution >= 4 is 48.8 Å². The van der Waals surface area contributed by atoms with Crippen molar-refractivity contribution in [2.75, 3.05) is 6.61 Å². The second-order valence-electron chi connectivity index (χ2n) is 5.78. The third kappa shape index (κ3) is 4.39. The number of aromatic amines is 1. The first-order valence-corrected chi connectivity index (χ1v) is 10.1. The first-order valence-electron chi connectivity index (χ1n) is 7.51. The van der Waals surface area contributed by atoms with Crippen molar-refractivity contribution in [3.05, 3.63) is 27.8 Å². The SMILES string of the molecule is O=S(=O)(O)OC[C@H]1O[C@@H](Oc2c[nH]c3ccc(Br)c(Cl)c23)[C@H](O)[C@@H](O)[C@H]1O. The maximum absolute atomic E-state index is 10.7. The first kappa shape index (κ1) is 20.8. The van der Waals surface area contributed by atoms with Crippen molar-refractivity contribution in [3.8, 4) is 5.75 Å². The summed E-state index contributed by atoms with van der Waals surface area (Å²) in [5, 5.41) is 30.9. The Bertz CT molecular complexity index is 936. The monoisotopic (exact) mass is 487 g/mol. The minimum absolute atomic E-state index is 0.193. The maximum atomic E-state index is 10.7. The van der Waals surface area contributed by atoms with Gasteiger partial charge in [-0.1, -0.05) is 11.6 Å². The Morgan fingerprint density at radius 2 is 1.93 bits per heavy atom. The van der Waals surface area contributed by atoms with Crippen molar-refractivity contribution in [3.63, 3.8) is 0 Å². The summed E-state index contributed by atoms with van der Waals surface area (Å²) in [6, 6.07) is 3.46. The highest BCUT2D eigenvalue weighted by atomic mass is 79.9. The number of rotatable bonds is 5. The molecule has 27 heavy (non-hydrogen) atoms. The third-order valence-corrected chi connectivity index (χ3v) is 5.71. The number of hydrogen-bond donors (Lipinski definition) is 5. The van der Waals surface area contributed by atoms with Gasteiger partial charge in [-0.3, -0.25) is 4.55 Å². The van der Waals surface area contributed by atoms with Gasteiger partial charge in [0.1, 0.15) is 30.2 Å². The fraction of sp³-hybridized carbons (Fsp3) is 0.429. The molecule has 0 radical (unpaired) electrons. The van der Waals surface area contributed by atoms with Gasteiger partial charge in [-0.25, -0.2) is 4.18 Å². The van der Waals surface area contributed by atoms with Crippen LogP contribution in [0.25, 0.3) is 10.9 Å². The van der Waals surface area contributed by atoms with Gasteiger partial charge in [0.15, 0.2) is 0 Å². The van der Waals surface area contributed by atoms with E-state index in [0.717, 1.165) is 0 Å². The number of aromatic nitrogens is 1. The Kier molecular flexibility index (Phi) is 6.01. The molecule has 1 aliphatic heterocycles. The summed E-state index contributed by atoms with van der Waals surface area (Å²) in [5.74, 6) is 0.193. The number of fused-ring (bicyclic) bond motifs is 1. The van der Waals surface area contributed by atoms with Crippen LogP contribution in [-0.2, 0) is 19.3 Å². The van der Waals surface area contributed by atoms with Gasteiger partial charge in [-0.05, 0) is 28.1 Å². The molecule has 3 rings (SSSR count). The largest absolute Gasteiger partial charge is 0.460 e. The highest BCUT2D eigenvalue weighted by Crippen LogP contribution is 2.38. The van der Waals surface area contributed by atoms with Crippen LogP contribution in [0, 0.1) is 0 Å². The van der Waals surface area contributed by atoms with Gasteiger partial charge in [0.25, 0.3) is 0 Å². The van der Waals surface area contributed by atoms with Crippen LogP contribution >= 0.6 is 27.5 Å². The molecule has 13 heteroatoms. The highest BCUT2D eigenvalue weighted by Gasteiger charge is 2.45. The molecular weight excluding hydrogens is 474 g/mol. The van der Waals surface area contributed by atoms with Crippen LogP contribution < -0.4 is 4.74 Å². The van der Waals surface area contributed by atoms with Gasteiger partial charge in [0.05, 0.1) is 22.5 Å². The number of ether oxygens (including phenoxy) is 2. The van der Waals surface area contributed by atoms with E-state index in [0.29, 0.717) is 20.4 Å². The minimum Gasteiger partial charge on any atom is -0.460 e. The number of hydrogen-bond acceptors (Lipinski definition) is 8. The lowest BCUT2D eigenvalue weighted by Crippen LogP contribution is -2.60. The standard InChI is InChI=1S/C14H15BrClNO9S/c15-5-1-2-6-9(10(5)16)7(3-17-6)25-14-13(20)12(19)11(18)8(26-14)4-24-27(21,22)23/h1-3,8,11-14,17-20H,4H2,(H,21,22,23)/t8-,11+,12+,13-,14-/m1/s1. The lowest BCUT2D eigenvalue weighted by atomic mass is 9.99. The first-order chi connectivity index (χ1) is 12.6. The van der Waals surface area contributed by atoms with Crippen LogP contribution in [0.3, 0.4) is 0 Å². The Balaban J connectivity index is 1.84. The predicted octanol–water partition coefficient (Wildman–Crippen LogP) is 0.590. The summed E-state index contributed by atoms with van der Waals surface area (Å²) in [7, 11) is -4.79. The topological polar surface area (TPSA) is 159 Å². The Labute approximate surface area is 166 Å². The second kappa shape index (κ2) is 7.81. The molecule has 150 valence electrons. The summed E-state index contributed by atoms with van der Waals surface area (Å²) in [5.41, 5.74) is 0.635. The molecule has 1 aromatic heterocycles. The molecule has 1 aromatic carbocycles. The zero-order valence-corrected chi connectivity index (χ0v) is 16.5. The Hall–Kier alpha value is -0.960. The summed E-state index contributed by atoms with van der Waals surface area (Å²) >= 11 is 9.54. The van der Waals surface area contributed by atoms with Gasteiger partial charge in [0.2, 0.25) is 6.29 Å². The van der Waals surface area contributed by atoms with Crippen molar-refractivity contribution in [2.24, 2.45) is 0 Å². The Morgan fingerprint density at radius 1 is 1.22 bits per heavy atom. The number of aliphatic hydroxyl groups excluding tert-OH is 3. The van der Waals surface area contributed by atoms with Crippen molar-refractivity contribution in [2.45, 2.75) is 30.7 Å². The Morgan fingerprint density at radius 3 is 2.59 bits per heavy atom. The molecular formula is C14H15BrClNO9S. The van der Waals surface area contributed by atoms with Crippen LogP contribution in [0.5, 0.6) is 5.75 Å². The predicted molar refractivity (Wildman–Crippen MR) is 95.8 cm³/mol. The number of nitrogens with one attached hydrogen (secondary N) is 1. The van der Waals surface area contributed by atoms with Crippen LogP contribution in [0.2, 0.25) is 5.02 Å². The van der Waals surface area contributed by atoms with E-state index in [-0.39, 0.29) is 5.75 Å². The van der Waals surface area contributed by atoms with Crippen LogP contribution in [-0.4, -0.2) is 70.6 Å². The summed E-state index contributed by atoms with van der Waals surface area (Å²) in [6.07, 6.45) is -6.47. The third-order valence-electron chi connectivity index (χ3n) is 3.99. The molecule has 0 bridgehead atoms. The van der Waals surface area contributed by atoms with E-state index in [9.17, 15) is 23.7 Å². The lowest BCUT2D eigenvalue weighted by Gasteiger charge is -2.39. The van der Waals surface area contributed by atoms with Crippen molar-refractivity contribution in [1.82, 2.24) is 4.98 Å². The molecule has 10 nitrogen and oxygen atoms in total.